The summed E-state index contributed by atoms with van der Waals surface area (Å²) < 4.78 is -3.30. The minimum Gasteiger partial charge on any atom is -0.296 e. The van der Waals surface area contributed by atoms with Crippen LogP contribution in [-0.4, -0.2) is 36.1 Å². The van der Waals surface area contributed by atoms with Crippen molar-refractivity contribution in [1.29, 1.82) is 0 Å². The first-order valence-electron chi connectivity index (χ1n) is 7.55. The molecule has 4 nitrogen and oxygen atoms in total. The number of rotatable bonds is 4. The van der Waals surface area contributed by atoms with E-state index in [2.05, 4.69) is 0 Å². The summed E-state index contributed by atoms with van der Waals surface area (Å²) in [5, 5.41) is 0. The molecule has 3 atom stereocenters. The van der Waals surface area contributed by atoms with Gasteiger partial charge in [-0.1, -0.05) is 83.5 Å². The molecule has 2 unspecified atom stereocenters. The Hall–Kier alpha value is 0.550. The van der Waals surface area contributed by atoms with Crippen molar-refractivity contribution in [3.05, 3.63) is 0 Å². The number of Topliss-reactive ketones (excluding diaryl/α,β-unsaturated/α-hetero) is 1. The van der Waals surface area contributed by atoms with E-state index in [4.69, 9.17) is 69.6 Å². The number of imide groups is 1. The smallest absolute Gasteiger partial charge is 0.243 e. The molecule has 0 saturated carbocycles. The lowest BCUT2D eigenvalue weighted by Crippen LogP contribution is -2.43. The molecule has 144 valence electrons. The first-order chi connectivity index (χ1) is 11.0. The molecule has 0 spiro atoms. The Balaban J connectivity index is 3.13. The summed E-state index contributed by atoms with van der Waals surface area (Å²) in [4.78, 5) is 38.9. The molecular formula is C15H19Cl6NO3. The highest BCUT2D eigenvalue weighted by Crippen LogP contribution is 2.43. The Morgan fingerprint density at radius 1 is 1.04 bits per heavy atom. The lowest BCUT2D eigenvalue weighted by Gasteiger charge is -2.29. The molecule has 10 heteroatoms. The van der Waals surface area contributed by atoms with Crippen LogP contribution in [0.3, 0.4) is 0 Å². The summed E-state index contributed by atoms with van der Waals surface area (Å²) >= 11 is 35.0. The Bertz CT molecular complexity index is 567. The molecule has 25 heavy (non-hydrogen) atoms. The molecule has 1 fully saturated rings. The zero-order valence-corrected chi connectivity index (χ0v) is 18.6. The summed E-state index contributed by atoms with van der Waals surface area (Å²) in [6.45, 7) is 6.13. The topological polar surface area (TPSA) is 54.5 Å². The zero-order valence-electron chi connectivity index (χ0n) is 14.1. The molecule has 0 aliphatic carbocycles. The van der Waals surface area contributed by atoms with Crippen molar-refractivity contribution in [3.63, 3.8) is 0 Å². The normalized spacial score (nSPS) is 23.8. The number of hydrogen-bond acceptors (Lipinski definition) is 3. The van der Waals surface area contributed by atoms with E-state index in [-0.39, 0.29) is 12.8 Å². The molecule has 1 rings (SSSR count). The van der Waals surface area contributed by atoms with Crippen molar-refractivity contribution >= 4 is 87.2 Å². The van der Waals surface area contributed by atoms with E-state index in [1.165, 1.54) is 13.8 Å². The first kappa shape index (κ1) is 23.6. The third kappa shape index (κ3) is 5.30. The van der Waals surface area contributed by atoms with Crippen LogP contribution in [0.4, 0.5) is 0 Å². The monoisotopic (exact) mass is 471 g/mol. The number of likely N-dealkylation sites (tertiary alicyclic amines) is 1. The highest BCUT2D eigenvalue weighted by Gasteiger charge is 2.56. The van der Waals surface area contributed by atoms with E-state index in [1.807, 2.05) is 0 Å². The second kappa shape index (κ2) is 7.89. The maximum atomic E-state index is 12.7. The minimum atomic E-state index is -1.67. The van der Waals surface area contributed by atoms with Gasteiger partial charge in [-0.15, -0.1) is 0 Å². The molecular weight excluding hydrogens is 455 g/mol. The summed E-state index contributed by atoms with van der Waals surface area (Å²) in [7, 11) is 0. The molecule has 1 aliphatic rings. The molecule has 0 aromatic heterocycles. The van der Waals surface area contributed by atoms with Gasteiger partial charge >= 0.3 is 0 Å². The zero-order chi connectivity index (χ0) is 20.0. The number of hydrogen-bond donors (Lipinski definition) is 0. The van der Waals surface area contributed by atoms with Gasteiger partial charge in [-0.2, -0.15) is 0 Å². The predicted octanol–water partition coefficient (Wildman–Crippen LogP) is 5.11. The molecule has 1 heterocycles. The lowest BCUT2D eigenvalue weighted by molar-refractivity contribution is -0.147. The summed E-state index contributed by atoms with van der Waals surface area (Å²) in [5.74, 6) is -2.80. The second-order valence-corrected chi connectivity index (χ2v) is 11.6. The van der Waals surface area contributed by atoms with Crippen LogP contribution in [-0.2, 0) is 14.4 Å². The summed E-state index contributed by atoms with van der Waals surface area (Å²) in [6, 6.07) is -1.01. The van der Waals surface area contributed by atoms with E-state index in [9.17, 15) is 14.4 Å². The Morgan fingerprint density at radius 2 is 1.48 bits per heavy atom. The van der Waals surface area contributed by atoms with Crippen LogP contribution in [0.5, 0.6) is 0 Å². The van der Waals surface area contributed by atoms with Gasteiger partial charge in [0, 0.05) is 18.3 Å². The van der Waals surface area contributed by atoms with Gasteiger partial charge in [0.05, 0.1) is 6.04 Å². The van der Waals surface area contributed by atoms with E-state index >= 15 is 0 Å². The van der Waals surface area contributed by atoms with Crippen molar-refractivity contribution < 1.29 is 14.4 Å². The van der Waals surface area contributed by atoms with E-state index in [1.54, 1.807) is 13.8 Å². The third-order valence-electron chi connectivity index (χ3n) is 4.43. The molecule has 2 amide bonds. The number of ketones is 1. The number of amides is 2. The highest BCUT2D eigenvalue weighted by molar-refractivity contribution is 6.68. The predicted molar refractivity (Wildman–Crippen MR) is 103 cm³/mol. The Kier molecular flexibility index (Phi) is 7.44. The number of alkyl halides is 6. The molecule has 0 aromatic rings. The van der Waals surface area contributed by atoms with Gasteiger partial charge in [-0.05, 0) is 20.3 Å². The summed E-state index contributed by atoms with van der Waals surface area (Å²) in [5.41, 5.74) is -1.34. The van der Waals surface area contributed by atoms with E-state index in [0.717, 1.165) is 4.90 Å². The SMILES string of the molecule is CC(CC(=O)N1C(=O)C(C)(C)C(=O)[C@@H]1CC(C)C(Cl)(Cl)Cl)C(Cl)(Cl)Cl. The molecule has 1 saturated heterocycles. The fraction of sp³-hybridized carbons (Fsp3) is 0.800. The minimum absolute atomic E-state index is 0.0401. The van der Waals surface area contributed by atoms with E-state index in [0.29, 0.717) is 0 Å². The number of carbonyl (C=O) groups is 3. The molecule has 0 radical (unpaired) electrons. The van der Waals surface area contributed by atoms with Crippen LogP contribution in [0.2, 0.25) is 0 Å². The number of halogens is 6. The quantitative estimate of drug-likeness (QED) is 0.421. The first-order valence-corrected chi connectivity index (χ1v) is 9.82. The third-order valence-corrected chi connectivity index (χ3v) is 6.66. The van der Waals surface area contributed by atoms with Crippen LogP contribution in [0.15, 0.2) is 0 Å². The van der Waals surface area contributed by atoms with Crippen molar-refractivity contribution in [2.24, 2.45) is 17.3 Å². The van der Waals surface area contributed by atoms with E-state index < -0.39 is 48.5 Å². The standard InChI is InChI=1S/C15H19Cl6NO3/c1-7(14(16,17)18)5-9-11(24)13(3,4)12(25)22(9)10(23)6-8(2)15(19,20)21/h7-9H,5-6H2,1-4H3/t7?,8?,9-/m0/s1. The molecule has 0 bridgehead atoms. The van der Waals surface area contributed by atoms with Gasteiger partial charge in [0.1, 0.15) is 5.41 Å². The average Bonchev–Trinajstić information content (AvgIpc) is 2.58. The van der Waals surface area contributed by atoms with Gasteiger partial charge in [0.15, 0.2) is 13.4 Å². The maximum absolute atomic E-state index is 12.7. The van der Waals surface area contributed by atoms with Crippen LogP contribution >= 0.6 is 69.6 Å². The Labute approximate surface area is 177 Å². The molecule has 1 aliphatic heterocycles. The second-order valence-electron chi connectivity index (χ2n) is 6.90. The van der Waals surface area contributed by atoms with Crippen molar-refractivity contribution in [2.45, 2.75) is 54.2 Å². The number of carbonyl (C=O) groups excluding carboxylic acids is 3. The molecule has 0 aromatic carbocycles. The molecule has 0 N–H and O–H groups in total. The van der Waals surface area contributed by atoms with Gasteiger partial charge < -0.3 is 0 Å². The van der Waals surface area contributed by atoms with Crippen LogP contribution in [0.1, 0.15) is 40.5 Å². The average molecular weight is 474 g/mol. The van der Waals surface area contributed by atoms with Crippen LogP contribution in [0.25, 0.3) is 0 Å². The fourth-order valence-electron chi connectivity index (χ4n) is 2.53. The van der Waals surface area contributed by atoms with Gasteiger partial charge in [-0.3, -0.25) is 19.3 Å². The van der Waals surface area contributed by atoms with Crippen LogP contribution in [0, 0.1) is 17.3 Å². The highest BCUT2D eigenvalue weighted by atomic mass is 35.6. The largest absolute Gasteiger partial charge is 0.296 e. The van der Waals surface area contributed by atoms with Crippen molar-refractivity contribution in [2.75, 3.05) is 0 Å². The fourth-order valence-corrected chi connectivity index (χ4v) is 3.02. The van der Waals surface area contributed by atoms with Gasteiger partial charge in [0.2, 0.25) is 11.8 Å². The maximum Gasteiger partial charge on any atom is 0.243 e. The Morgan fingerprint density at radius 3 is 1.88 bits per heavy atom. The van der Waals surface area contributed by atoms with Gasteiger partial charge in [0.25, 0.3) is 0 Å². The van der Waals surface area contributed by atoms with Crippen molar-refractivity contribution in [3.8, 4) is 0 Å². The number of nitrogens with zero attached hydrogens (tertiary/aromatic N) is 1. The van der Waals surface area contributed by atoms with Crippen molar-refractivity contribution in [1.82, 2.24) is 4.90 Å². The lowest BCUT2D eigenvalue weighted by atomic mass is 9.86. The van der Waals surface area contributed by atoms with Gasteiger partial charge in [-0.25, -0.2) is 0 Å². The summed E-state index contributed by atoms with van der Waals surface area (Å²) in [6.07, 6.45) is -0.164. The van der Waals surface area contributed by atoms with Crippen LogP contribution < -0.4 is 0 Å².